The molecule has 5 aromatic rings. The Morgan fingerprint density at radius 1 is 0.362 bits per heavy atom. The zero-order valence-corrected chi connectivity index (χ0v) is 57.5. The van der Waals surface area contributed by atoms with Crippen molar-refractivity contribution in [2.75, 3.05) is 0 Å². The molecule has 5 aromatic heterocycles. The third-order valence-electron chi connectivity index (χ3n) is 14.5. The van der Waals surface area contributed by atoms with E-state index in [2.05, 4.69) is 219 Å². The van der Waals surface area contributed by atoms with Crippen LogP contribution in [0.2, 0.25) is 0 Å². The lowest BCUT2D eigenvalue weighted by Gasteiger charge is -2.30. The number of aromatic nitrogens is 8. The molecule has 1 aliphatic rings. The average molecular weight is 1100 g/mol. The standard InChI is InChI=1S/C13H21N.C13H20.C12H19NO.2C11H18N2.C10H16N2O/c1-8-9(2)12(13(5,6)7)11(4)14-10(8)3;1-9-7-10(2)12(11(3)8-9)13(4,5)6;1-7-8(2)10(12(4,5)6)11(14)13-9(7)3;1-7-10(11(4,5)6)8(2)13-9(3)12-7;1-7-8(2)13-10(9(3)12-7)11(4,5)6;1-6-7(2)12-9(13)8(11-6)10(3,4)5/h1-7H3;8H,2,7H2,1,3-6H3;1-6H3,(H,13,14);2*1-6H3;1-5H3,(H,12,13). The maximum atomic E-state index is 11.8. The summed E-state index contributed by atoms with van der Waals surface area (Å²) in [6, 6.07) is 0. The Bertz CT molecular complexity index is 3160. The molecule has 5 heterocycles. The molecule has 0 bridgehead atoms. The molecule has 0 spiro atoms. The lowest BCUT2D eigenvalue weighted by Crippen LogP contribution is -2.27. The third-order valence-corrected chi connectivity index (χ3v) is 14.5. The summed E-state index contributed by atoms with van der Waals surface area (Å²) in [5.74, 6) is 0.864. The van der Waals surface area contributed by atoms with Gasteiger partial charge in [0.1, 0.15) is 11.5 Å². The monoisotopic (exact) mass is 1100 g/mol. The number of aryl methyl sites for hydroxylation is 11. The fourth-order valence-electron chi connectivity index (χ4n) is 10.9. The summed E-state index contributed by atoms with van der Waals surface area (Å²) in [6.07, 6.45) is 3.33. The van der Waals surface area contributed by atoms with Crippen LogP contribution in [0.1, 0.15) is 258 Å². The molecule has 0 unspecified atom stereocenters. The number of H-pyrrole nitrogens is 2. The molecule has 0 atom stereocenters. The van der Waals surface area contributed by atoms with Crippen LogP contribution < -0.4 is 11.1 Å². The SMILES string of the molecule is C=C1CC(C)=CC(C)=C1C(C)(C)C.Cc1[nH]c(=O)c(C(C)(C)C)c(C)c1C.Cc1nc(C(C)(C)C)c(=O)[nH]c1C.Cc1nc(C)c(C(C)(C)C)c(C)c1C.Cc1nc(C)c(C(C)(C)C)c(C)n1.Cc1nc(C)c(C(C)(C)C)nc1C. The molecule has 10 nitrogen and oxygen atoms in total. The molecule has 0 fully saturated rings. The third kappa shape index (κ3) is 20.4. The second-order valence-electron chi connectivity index (χ2n) is 28.7. The van der Waals surface area contributed by atoms with Crippen LogP contribution in [-0.4, -0.2) is 39.9 Å². The van der Waals surface area contributed by atoms with Crippen LogP contribution in [0.4, 0.5) is 0 Å². The summed E-state index contributed by atoms with van der Waals surface area (Å²) in [6.45, 7) is 77.7. The maximum absolute atomic E-state index is 11.8. The molecule has 0 aromatic carbocycles. The number of hydrogen-bond donors (Lipinski definition) is 2. The quantitative estimate of drug-likeness (QED) is 0.156. The molecule has 0 amide bonds. The largest absolute Gasteiger partial charge is 0.326 e. The normalized spacial score (nSPS) is 13.0. The molecule has 6 rings (SSSR count). The number of allylic oxidation sites excluding steroid dienone is 5. The highest BCUT2D eigenvalue weighted by atomic mass is 16.1. The van der Waals surface area contributed by atoms with Crippen molar-refractivity contribution in [2.24, 2.45) is 5.41 Å². The number of pyridine rings is 2. The Hall–Kier alpha value is -5.64. The highest BCUT2D eigenvalue weighted by Gasteiger charge is 2.26. The first-order valence-electron chi connectivity index (χ1n) is 28.7. The summed E-state index contributed by atoms with van der Waals surface area (Å²) < 4.78 is 0. The molecule has 0 aliphatic heterocycles. The van der Waals surface area contributed by atoms with E-state index in [4.69, 9.17) is 0 Å². The first-order chi connectivity index (χ1) is 35.8. The van der Waals surface area contributed by atoms with Crippen LogP contribution in [0.15, 0.2) is 44.5 Å². The van der Waals surface area contributed by atoms with Gasteiger partial charge in [-0.15, -0.1) is 0 Å². The van der Waals surface area contributed by atoms with E-state index in [1.165, 1.54) is 55.8 Å². The van der Waals surface area contributed by atoms with Crippen LogP contribution in [0.3, 0.4) is 0 Å². The van der Waals surface area contributed by atoms with Crippen molar-refractivity contribution in [1.29, 1.82) is 0 Å². The molecule has 10 heteroatoms. The van der Waals surface area contributed by atoms with Crippen LogP contribution in [0.5, 0.6) is 0 Å². The van der Waals surface area contributed by atoms with Crippen molar-refractivity contribution in [2.45, 2.75) is 276 Å². The van der Waals surface area contributed by atoms with E-state index in [1.54, 1.807) is 0 Å². The second kappa shape index (κ2) is 27.4. The molecular weight excluding hydrogens is 985 g/mol. The molecule has 0 radical (unpaired) electrons. The molecule has 2 N–H and O–H groups in total. The number of nitrogens with zero attached hydrogens (tertiary/aromatic N) is 6. The minimum Gasteiger partial charge on any atom is -0.326 e. The first kappa shape index (κ1) is 72.4. The Kier molecular flexibility index (Phi) is 24.8. The average Bonchev–Trinajstić information content (AvgIpc) is 3.22. The van der Waals surface area contributed by atoms with E-state index in [9.17, 15) is 9.59 Å². The van der Waals surface area contributed by atoms with Gasteiger partial charge < -0.3 is 9.97 Å². The number of nitrogens with one attached hydrogen (secondary N) is 2. The van der Waals surface area contributed by atoms with E-state index in [0.29, 0.717) is 5.69 Å². The zero-order chi connectivity index (χ0) is 63.1. The topological polar surface area (TPSA) is 143 Å². The fraction of sp³-hybridized carbons (Fsp3) is 0.600. The summed E-state index contributed by atoms with van der Waals surface area (Å²) in [5.41, 5.74) is 26.7. The van der Waals surface area contributed by atoms with Gasteiger partial charge in [0.2, 0.25) is 0 Å². The van der Waals surface area contributed by atoms with Crippen molar-refractivity contribution in [3.8, 4) is 0 Å². The molecule has 0 saturated carbocycles. The molecule has 1 aliphatic carbocycles. The van der Waals surface area contributed by atoms with Crippen molar-refractivity contribution >= 4 is 0 Å². The van der Waals surface area contributed by atoms with Gasteiger partial charge in [-0.3, -0.25) is 29.5 Å². The number of rotatable bonds is 0. The van der Waals surface area contributed by atoms with Crippen LogP contribution in [0, 0.1) is 109 Å². The van der Waals surface area contributed by atoms with Gasteiger partial charge >= 0.3 is 0 Å². The van der Waals surface area contributed by atoms with Gasteiger partial charge in [0.05, 0.1) is 28.5 Å². The Morgan fingerprint density at radius 3 is 1.16 bits per heavy atom. The van der Waals surface area contributed by atoms with Crippen molar-refractivity contribution in [3.05, 3.63) is 169 Å². The summed E-state index contributed by atoms with van der Waals surface area (Å²) in [5, 5.41) is 0. The molecular formula is C70H112N8O2. The molecule has 444 valence electrons. The number of hydrogen-bond acceptors (Lipinski definition) is 8. The Labute approximate surface area is 487 Å². The fourth-order valence-corrected chi connectivity index (χ4v) is 10.9. The minimum atomic E-state index is -0.188. The zero-order valence-electron chi connectivity index (χ0n) is 57.5. The van der Waals surface area contributed by atoms with E-state index < -0.39 is 0 Å². The van der Waals surface area contributed by atoms with E-state index >= 15 is 0 Å². The predicted molar refractivity (Wildman–Crippen MR) is 344 cm³/mol. The van der Waals surface area contributed by atoms with Crippen molar-refractivity contribution in [1.82, 2.24) is 39.9 Å². The van der Waals surface area contributed by atoms with E-state index in [0.717, 1.165) is 80.3 Å². The Balaban J connectivity index is 0.000000480. The summed E-state index contributed by atoms with van der Waals surface area (Å²) >= 11 is 0. The minimum absolute atomic E-state index is 0.0538. The van der Waals surface area contributed by atoms with Crippen LogP contribution in [0.25, 0.3) is 0 Å². The van der Waals surface area contributed by atoms with Crippen molar-refractivity contribution < 1.29 is 0 Å². The maximum Gasteiger partial charge on any atom is 0.270 e. The van der Waals surface area contributed by atoms with Gasteiger partial charge in [-0.25, -0.2) is 9.97 Å². The van der Waals surface area contributed by atoms with Crippen LogP contribution in [-0.2, 0) is 27.1 Å². The summed E-state index contributed by atoms with van der Waals surface area (Å²) in [4.78, 5) is 55.8. The summed E-state index contributed by atoms with van der Waals surface area (Å²) in [7, 11) is 0. The molecule has 0 saturated heterocycles. The van der Waals surface area contributed by atoms with Gasteiger partial charge in [0.15, 0.2) is 0 Å². The lowest BCUT2D eigenvalue weighted by atomic mass is 9.75. The molecule has 80 heavy (non-hydrogen) atoms. The van der Waals surface area contributed by atoms with Gasteiger partial charge in [-0.1, -0.05) is 143 Å². The van der Waals surface area contributed by atoms with Gasteiger partial charge in [0, 0.05) is 50.6 Å². The predicted octanol–water partition coefficient (Wildman–Crippen LogP) is 17.5. The second-order valence-corrected chi connectivity index (χ2v) is 28.7. The lowest BCUT2D eigenvalue weighted by molar-refractivity contribution is 0.503. The van der Waals surface area contributed by atoms with Gasteiger partial charge in [-0.2, -0.15) is 0 Å². The van der Waals surface area contributed by atoms with Crippen molar-refractivity contribution in [3.63, 3.8) is 0 Å². The van der Waals surface area contributed by atoms with E-state index in [1.807, 2.05) is 76.2 Å². The van der Waals surface area contributed by atoms with Gasteiger partial charge in [0.25, 0.3) is 11.1 Å². The van der Waals surface area contributed by atoms with Crippen LogP contribution >= 0.6 is 0 Å². The Morgan fingerprint density at radius 2 is 0.750 bits per heavy atom. The number of aromatic amines is 2. The first-order valence-corrected chi connectivity index (χ1v) is 28.7. The highest BCUT2D eigenvalue weighted by Crippen LogP contribution is 2.39. The highest BCUT2D eigenvalue weighted by molar-refractivity contribution is 5.48. The smallest absolute Gasteiger partial charge is 0.270 e. The van der Waals surface area contributed by atoms with Gasteiger partial charge in [-0.05, 0) is 196 Å². The van der Waals surface area contributed by atoms with E-state index in [-0.39, 0.29) is 43.6 Å².